The molecule has 2 atom stereocenters. The number of hydrogen-bond donors (Lipinski definition) is 1. The smallest absolute Gasteiger partial charge is 0.432 e. The summed E-state index contributed by atoms with van der Waals surface area (Å²) >= 11 is 0. The third-order valence-electron chi connectivity index (χ3n) is 6.23. The summed E-state index contributed by atoms with van der Waals surface area (Å²) in [6.07, 6.45) is 6.74. The molecule has 1 N–H and O–H groups in total. The van der Waals surface area contributed by atoms with Crippen LogP contribution in [-0.2, 0) is 24.7 Å². The van der Waals surface area contributed by atoms with E-state index in [4.69, 9.17) is 9.47 Å². The van der Waals surface area contributed by atoms with E-state index in [-0.39, 0.29) is 6.42 Å². The maximum absolute atomic E-state index is 14.0. The second-order valence-electron chi connectivity index (χ2n) is 9.05. The minimum atomic E-state index is -5.09. The van der Waals surface area contributed by atoms with Gasteiger partial charge in [-0.15, -0.1) is 0 Å². The zero-order chi connectivity index (χ0) is 26.2. The first kappa shape index (κ1) is 30.9. The number of carboxylic acids is 1. The first-order valence-corrected chi connectivity index (χ1v) is 12.8. The normalized spacial score (nSPS) is 14.3. The summed E-state index contributed by atoms with van der Waals surface area (Å²) in [6, 6.07) is 6.52. The van der Waals surface area contributed by atoms with Crippen LogP contribution in [0, 0.1) is 0 Å². The van der Waals surface area contributed by atoms with Gasteiger partial charge in [0.25, 0.3) is 5.60 Å². The number of carbonyl (C=O) groups excluding carboxylic acids is 1. The van der Waals surface area contributed by atoms with Gasteiger partial charge < -0.3 is 14.6 Å². The number of halogens is 3. The Morgan fingerprint density at radius 2 is 1.34 bits per heavy atom. The number of hydrogen-bond acceptors (Lipinski definition) is 4. The molecule has 0 spiro atoms. The van der Waals surface area contributed by atoms with Crippen molar-refractivity contribution in [3.05, 3.63) is 35.9 Å². The van der Waals surface area contributed by atoms with E-state index in [1.165, 1.54) is 63.1 Å². The van der Waals surface area contributed by atoms with E-state index in [0.29, 0.717) is 6.42 Å². The molecule has 0 saturated carbocycles. The first-order valence-electron chi connectivity index (χ1n) is 12.8. The number of carboxylic acid groups (broad SMARTS) is 1. The fourth-order valence-corrected chi connectivity index (χ4v) is 4.23. The Morgan fingerprint density at radius 3 is 1.77 bits per heavy atom. The van der Waals surface area contributed by atoms with Crippen molar-refractivity contribution in [3.8, 4) is 0 Å². The molecule has 200 valence electrons. The van der Waals surface area contributed by atoms with Crippen molar-refractivity contribution in [2.24, 2.45) is 0 Å². The maximum atomic E-state index is 14.0. The highest BCUT2D eigenvalue weighted by atomic mass is 19.4. The highest BCUT2D eigenvalue weighted by Crippen LogP contribution is 2.43. The molecule has 1 aromatic carbocycles. The van der Waals surface area contributed by atoms with Crippen LogP contribution in [0.5, 0.6) is 0 Å². The van der Waals surface area contributed by atoms with Gasteiger partial charge in [0.1, 0.15) is 6.10 Å². The fourth-order valence-electron chi connectivity index (χ4n) is 4.23. The molecule has 0 heterocycles. The van der Waals surface area contributed by atoms with Gasteiger partial charge in [-0.05, 0) is 12.8 Å². The lowest BCUT2D eigenvalue weighted by Gasteiger charge is -2.33. The van der Waals surface area contributed by atoms with Crippen LogP contribution in [0.25, 0.3) is 0 Å². The van der Waals surface area contributed by atoms with Gasteiger partial charge in [-0.1, -0.05) is 108 Å². The number of rotatable bonds is 19. The van der Waals surface area contributed by atoms with Gasteiger partial charge in [-0.25, -0.2) is 4.79 Å². The van der Waals surface area contributed by atoms with Crippen molar-refractivity contribution in [3.63, 3.8) is 0 Å². The highest BCUT2D eigenvalue weighted by molar-refractivity contribution is 5.83. The van der Waals surface area contributed by atoms with E-state index in [1.54, 1.807) is 0 Å². The molecule has 1 aromatic rings. The van der Waals surface area contributed by atoms with Gasteiger partial charge in [0, 0.05) is 12.7 Å². The minimum Gasteiger partial charge on any atom is -0.481 e. The largest absolute Gasteiger partial charge is 0.481 e. The molecule has 0 aliphatic heterocycles. The number of aliphatic carboxylic acids is 1. The fraction of sp³-hybridized carbons (Fsp3) is 0.704. The second kappa shape index (κ2) is 16.6. The predicted octanol–water partition coefficient (Wildman–Crippen LogP) is 7.57. The minimum absolute atomic E-state index is 0.182. The van der Waals surface area contributed by atoms with E-state index in [1.807, 2.05) is 0 Å². The van der Waals surface area contributed by atoms with Crippen LogP contribution < -0.4 is 0 Å². The summed E-state index contributed by atoms with van der Waals surface area (Å²) in [5.74, 6) is -2.89. The van der Waals surface area contributed by atoms with Crippen molar-refractivity contribution in [1.29, 1.82) is 0 Å². The number of esters is 1. The summed E-state index contributed by atoms with van der Waals surface area (Å²) in [5.41, 5.74) is -3.74. The molecule has 0 fully saturated rings. The Labute approximate surface area is 207 Å². The molecule has 8 heteroatoms. The summed E-state index contributed by atoms with van der Waals surface area (Å²) in [5, 5.41) is 9.18. The van der Waals surface area contributed by atoms with Crippen LogP contribution in [0.4, 0.5) is 13.2 Å². The molecule has 1 rings (SSSR count). The van der Waals surface area contributed by atoms with Crippen LogP contribution in [0.1, 0.15) is 102 Å². The Balaban J connectivity index is 2.57. The van der Waals surface area contributed by atoms with Gasteiger partial charge in [0.05, 0.1) is 6.42 Å². The second-order valence-corrected chi connectivity index (χ2v) is 9.05. The summed E-state index contributed by atoms with van der Waals surface area (Å²) in [4.78, 5) is 24.0. The monoisotopic (exact) mass is 502 g/mol. The van der Waals surface area contributed by atoms with Crippen LogP contribution in [-0.4, -0.2) is 36.4 Å². The van der Waals surface area contributed by atoms with E-state index in [9.17, 15) is 27.9 Å². The third kappa shape index (κ3) is 10.6. The van der Waals surface area contributed by atoms with Gasteiger partial charge in [-0.2, -0.15) is 13.2 Å². The van der Waals surface area contributed by atoms with Gasteiger partial charge >= 0.3 is 18.1 Å². The van der Waals surface area contributed by atoms with Crippen LogP contribution >= 0.6 is 0 Å². The molecule has 0 radical (unpaired) electrons. The Morgan fingerprint density at radius 1 is 0.857 bits per heavy atom. The molecule has 5 nitrogen and oxygen atoms in total. The van der Waals surface area contributed by atoms with Crippen molar-refractivity contribution in [2.75, 3.05) is 7.11 Å². The predicted molar refractivity (Wildman–Crippen MR) is 129 cm³/mol. The van der Waals surface area contributed by atoms with Crippen LogP contribution in [0.15, 0.2) is 30.3 Å². The number of carbonyl (C=O) groups is 2. The van der Waals surface area contributed by atoms with E-state index < -0.39 is 41.8 Å². The summed E-state index contributed by atoms with van der Waals surface area (Å²) in [7, 11) is 0.791. The number of methoxy groups -OCH3 is 1. The quantitative estimate of drug-likeness (QED) is 0.156. The molecule has 0 aliphatic carbocycles. The third-order valence-corrected chi connectivity index (χ3v) is 6.23. The maximum Gasteiger partial charge on any atom is 0.432 e. The van der Waals surface area contributed by atoms with Crippen molar-refractivity contribution in [2.45, 2.75) is 115 Å². The zero-order valence-electron chi connectivity index (χ0n) is 21.1. The summed E-state index contributed by atoms with van der Waals surface area (Å²) in [6.45, 7) is 2.20. The number of benzene rings is 1. The number of alkyl halides is 3. The zero-order valence-corrected chi connectivity index (χ0v) is 21.1. The Bertz CT molecular complexity index is 723. The molecule has 35 heavy (non-hydrogen) atoms. The number of ether oxygens (including phenoxy) is 2. The molecule has 0 saturated heterocycles. The topological polar surface area (TPSA) is 72.8 Å². The number of unbranched alkanes of at least 4 members (excludes halogenated alkanes) is 11. The first-order chi connectivity index (χ1) is 16.7. The molecule has 0 aliphatic rings. The van der Waals surface area contributed by atoms with E-state index in [0.717, 1.165) is 44.9 Å². The lowest BCUT2D eigenvalue weighted by Crippen LogP contribution is -2.52. The average Bonchev–Trinajstić information content (AvgIpc) is 2.80. The van der Waals surface area contributed by atoms with Gasteiger partial charge in [-0.3, -0.25) is 4.79 Å². The lowest BCUT2D eigenvalue weighted by molar-refractivity contribution is -0.278. The Kier molecular flexibility index (Phi) is 14.6. The molecule has 0 amide bonds. The standard InChI is InChI=1S/C27H41F3O5/c1-3-4-5-6-7-8-9-10-11-12-13-17-20-23(21-24(31)32)35-25(33)26(34-2,27(28,29)30)22-18-15-14-16-19-22/h14-16,18-19,23H,3-13,17,20-21H2,1-2H3,(H,31,32)/t23-,26+/m1/s1. The molecular formula is C27H41F3O5. The molecule has 0 bridgehead atoms. The van der Waals surface area contributed by atoms with Crippen molar-refractivity contribution >= 4 is 11.9 Å². The summed E-state index contributed by atoms with van der Waals surface area (Å²) < 4.78 is 52.0. The Hall–Kier alpha value is -2.09. The van der Waals surface area contributed by atoms with Crippen molar-refractivity contribution < 1.29 is 37.3 Å². The SMILES string of the molecule is CCCCCCCCCCCCCC[C@H](CC(=O)O)OC(=O)[C@@](OC)(c1ccccc1)C(F)(F)F. The highest BCUT2D eigenvalue weighted by Gasteiger charge is 2.64. The van der Waals surface area contributed by atoms with E-state index >= 15 is 0 Å². The molecule has 0 aromatic heterocycles. The van der Waals surface area contributed by atoms with E-state index in [2.05, 4.69) is 6.92 Å². The van der Waals surface area contributed by atoms with Gasteiger partial charge in [0.15, 0.2) is 0 Å². The average molecular weight is 503 g/mol. The van der Waals surface area contributed by atoms with Crippen molar-refractivity contribution in [1.82, 2.24) is 0 Å². The molecular weight excluding hydrogens is 461 g/mol. The molecule has 0 unspecified atom stereocenters. The van der Waals surface area contributed by atoms with Crippen LogP contribution in [0.3, 0.4) is 0 Å². The lowest BCUT2D eigenvalue weighted by atomic mass is 9.92. The van der Waals surface area contributed by atoms with Crippen LogP contribution in [0.2, 0.25) is 0 Å². The van der Waals surface area contributed by atoms with Gasteiger partial charge in [0.2, 0.25) is 0 Å².